The minimum absolute atomic E-state index is 0.0638. The summed E-state index contributed by atoms with van der Waals surface area (Å²) in [5, 5.41) is 18.3. The van der Waals surface area contributed by atoms with Crippen LogP contribution in [0.2, 0.25) is 0 Å². The van der Waals surface area contributed by atoms with E-state index < -0.39 is 11.9 Å². The van der Waals surface area contributed by atoms with Crippen LogP contribution in [0, 0.1) is 0 Å². The molecule has 0 bridgehead atoms. The highest BCUT2D eigenvalue weighted by Gasteiger charge is 2.04. The molecule has 0 aliphatic rings. The number of benzene rings is 2. The number of phenolic OH excluding ortho intramolecular Hbond substituents is 1. The molecule has 0 fully saturated rings. The maximum absolute atomic E-state index is 11.6. The Labute approximate surface area is 139 Å². The molecular formula is C17H18N4O3. The largest absolute Gasteiger partial charge is 0.507 e. The van der Waals surface area contributed by atoms with Crippen molar-refractivity contribution in [3.63, 3.8) is 0 Å². The topological polar surface area (TPSA) is 103 Å². The van der Waals surface area contributed by atoms with Crippen molar-refractivity contribution in [3.05, 3.63) is 65.7 Å². The number of hydrazone groups is 1. The molecule has 2 aromatic rings. The SMILES string of the molecule is O=C(CNC(=O)NCc1ccccc1)NN=Cc1ccccc1O. The summed E-state index contributed by atoms with van der Waals surface area (Å²) in [6.45, 7) is 0.165. The van der Waals surface area contributed by atoms with Gasteiger partial charge in [0.25, 0.3) is 5.91 Å². The first-order chi connectivity index (χ1) is 11.6. The number of nitrogens with zero attached hydrogens (tertiary/aromatic N) is 1. The van der Waals surface area contributed by atoms with Crippen molar-refractivity contribution in [1.29, 1.82) is 0 Å². The van der Waals surface area contributed by atoms with Gasteiger partial charge >= 0.3 is 6.03 Å². The Balaban J connectivity index is 1.67. The molecule has 0 unspecified atom stereocenters. The fourth-order valence-electron chi connectivity index (χ4n) is 1.81. The normalized spacial score (nSPS) is 10.3. The first-order valence-electron chi connectivity index (χ1n) is 7.30. The highest BCUT2D eigenvalue weighted by Crippen LogP contribution is 2.12. The Hall–Kier alpha value is -3.35. The minimum atomic E-state index is -0.475. The predicted octanol–water partition coefficient (Wildman–Crippen LogP) is 1.34. The van der Waals surface area contributed by atoms with E-state index in [0.717, 1.165) is 5.56 Å². The highest BCUT2D eigenvalue weighted by molar-refractivity contribution is 5.87. The molecule has 0 spiro atoms. The van der Waals surface area contributed by atoms with Crippen molar-refractivity contribution < 1.29 is 14.7 Å². The number of rotatable bonds is 6. The average Bonchev–Trinajstić information content (AvgIpc) is 2.61. The second kappa shape index (κ2) is 8.94. The van der Waals surface area contributed by atoms with E-state index in [1.54, 1.807) is 18.2 Å². The van der Waals surface area contributed by atoms with E-state index in [1.807, 2.05) is 30.3 Å². The van der Waals surface area contributed by atoms with Crippen LogP contribution in [-0.4, -0.2) is 29.8 Å². The lowest BCUT2D eigenvalue weighted by atomic mass is 10.2. The Kier molecular flexibility index (Phi) is 6.34. The maximum Gasteiger partial charge on any atom is 0.315 e. The molecule has 0 saturated heterocycles. The monoisotopic (exact) mass is 326 g/mol. The first-order valence-corrected chi connectivity index (χ1v) is 7.30. The number of urea groups is 1. The molecule has 0 aliphatic carbocycles. The number of amides is 3. The van der Waals surface area contributed by atoms with Crippen LogP contribution in [0.4, 0.5) is 4.79 Å². The summed E-state index contributed by atoms with van der Waals surface area (Å²) in [4.78, 5) is 23.2. The molecule has 24 heavy (non-hydrogen) atoms. The lowest BCUT2D eigenvalue weighted by Gasteiger charge is -2.06. The smallest absolute Gasteiger partial charge is 0.315 e. The molecule has 2 aromatic carbocycles. The lowest BCUT2D eigenvalue weighted by Crippen LogP contribution is -2.40. The molecule has 0 radical (unpaired) electrons. The van der Waals surface area contributed by atoms with Crippen LogP contribution in [0.25, 0.3) is 0 Å². The Morgan fingerprint density at radius 3 is 2.46 bits per heavy atom. The van der Waals surface area contributed by atoms with Crippen LogP contribution < -0.4 is 16.1 Å². The van der Waals surface area contributed by atoms with Crippen LogP contribution >= 0.6 is 0 Å². The van der Waals surface area contributed by atoms with Gasteiger partial charge in [0, 0.05) is 12.1 Å². The third-order valence-corrected chi connectivity index (χ3v) is 3.04. The van der Waals surface area contributed by atoms with Gasteiger partial charge in [0.2, 0.25) is 0 Å². The molecule has 7 heteroatoms. The number of nitrogens with one attached hydrogen (secondary N) is 3. The van der Waals surface area contributed by atoms with Gasteiger partial charge < -0.3 is 15.7 Å². The number of carbonyl (C=O) groups excluding carboxylic acids is 2. The summed E-state index contributed by atoms with van der Waals surface area (Å²) < 4.78 is 0. The van der Waals surface area contributed by atoms with E-state index in [1.165, 1.54) is 12.3 Å². The standard InChI is InChI=1S/C17H18N4O3/c22-15-9-5-4-8-14(15)11-20-21-16(23)12-19-17(24)18-10-13-6-2-1-3-7-13/h1-9,11,22H,10,12H2,(H,21,23)(H2,18,19,24). The van der Waals surface area contributed by atoms with Crippen molar-refractivity contribution in [2.24, 2.45) is 5.10 Å². The third-order valence-electron chi connectivity index (χ3n) is 3.04. The summed E-state index contributed by atoms with van der Waals surface area (Å²) in [5.41, 5.74) is 3.70. The van der Waals surface area contributed by atoms with Crippen molar-refractivity contribution in [2.75, 3.05) is 6.54 Å². The van der Waals surface area contributed by atoms with Gasteiger partial charge in [0.1, 0.15) is 12.3 Å². The summed E-state index contributed by atoms with van der Waals surface area (Å²) in [5.74, 6) is -0.412. The summed E-state index contributed by atoms with van der Waals surface area (Å²) >= 11 is 0. The Morgan fingerprint density at radius 2 is 1.71 bits per heavy atom. The van der Waals surface area contributed by atoms with E-state index in [2.05, 4.69) is 21.2 Å². The number of carbonyl (C=O) groups is 2. The van der Waals surface area contributed by atoms with E-state index in [0.29, 0.717) is 12.1 Å². The van der Waals surface area contributed by atoms with Gasteiger partial charge in [-0.3, -0.25) is 4.79 Å². The van der Waals surface area contributed by atoms with Gasteiger partial charge in [0.05, 0.1) is 6.21 Å². The third kappa shape index (κ3) is 5.80. The molecule has 0 aliphatic heterocycles. The molecule has 4 N–H and O–H groups in total. The zero-order valence-corrected chi connectivity index (χ0v) is 12.9. The summed E-state index contributed by atoms with van der Waals surface area (Å²) in [6.07, 6.45) is 1.32. The second-order valence-corrected chi connectivity index (χ2v) is 4.87. The number of hydrogen-bond donors (Lipinski definition) is 4. The number of aromatic hydroxyl groups is 1. The summed E-state index contributed by atoms with van der Waals surface area (Å²) in [7, 11) is 0. The Morgan fingerprint density at radius 1 is 1.00 bits per heavy atom. The second-order valence-electron chi connectivity index (χ2n) is 4.87. The van der Waals surface area contributed by atoms with E-state index >= 15 is 0 Å². The number of para-hydroxylation sites is 1. The van der Waals surface area contributed by atoms with Crippen molar-refractivity contribution in [2.45, 2.75) is 6.54 Å². The molecule has 2 rings (SSSR count). The summed E-state index contributed by atoms with van der Waals surface area (Å²) in [6, 6.07) is 15.6. The zero-order chi connectivity index (χ0) is 17.2. The van der Waals surface area contributed by atoms with Gasteiger partial charge in [-0.15, -0.1) is 0 Å². The fraction of sp³-hybridized carbons (Fsp3) is 0.118. The van der Waals surface area contributed by atoms with E-state index in [-0.39, 0.29) is 12.3 Å². The van der Waals surface area contributed by atoms with Crippen LogP contribution in [0.15, 0.2) is 59.7 Å². The Bertz CT molecular complexity index is 717. The van der Waals surface area contributed by atoms with Crippen LogP contribution in [-0.2, 0) is 11.3 Å². The minimum Gasteiger partial charge on any atom is -0.507 e. The lowest BCUT2D eigenvalue weighted by molar-refractivity contribution is -0.120. The highest BCUT2D eigenvalue weighted by atomic mass is 16.3. The average molecular weight is 326 g/mol. The fourth-order valence-corrected chi connectivity index (χ4v) is 1.81. The molecule has 0 heterocycles. The van der Waals surface area contributed by atoms with Crippen LogP contribution in [0.1, 0.15) is 11.1 Å². The zero-order valence-electron chi connectivity index (χ0n) is 12.9. The van der Waals surface area contributed by atoms with Gasteiger partial charge in [-0.2, -0.15) is 5.10 Å². The quantitative estimate of drug-likeness (QED) is 0.476. The van der Waals surface area contributed by atoms with Crippen molar-refractivity contribution in [3.8, 4) is 5.75 Å². The van der Waals surface area contributed by atoms with Gasteiger partial charge in [-0.25, -0.2) is 10.2 Å². The first kappa shape index (κ1) is 17.0. The van der Waals surface area contributed by atoms with Gasteiger partial charge in [0.15, 0.2) is 0 Å². The van der Waals surface area contributed by atoms with Gasteiger partial charge in [-0.05, 0) is 17.7 Å². The van der Waals surface area contributed by atoms with E-state index in [9.17, 15) is 14.7 Å². The number of phenols is 1. The van der Waals surface area contributed by atoms with Crippen molar-refractivity contribution >= 4 is 18.2 Å². The molecule has 124 valence electrons. The van der Waals surface area contributed by atoms with Crippen LogP contribution in [0.5, 0.6) is 5.75 Å². The van der Waals surface area contributed by atoms with Gasteiger partial charge in [-0.1, -0.05) is 42.5 Å². The molecular weight excluding hydrogens is 308 g/mol. The molecule has 0 atom stereocenters. The molecule has 0 aromatic heterocycles. The molecule has 0 saturated carbocycles. The molecule has 3 amide bonds. The predicted molar refractivity (Wildman–Crippen MR) is 90.5 cm³/mol. The molecule has 7 nitrogen and oxygen atoms in total. The van der Waals surface area contributed by atoms with Crippen LogP contribution in [0.3, 0.4) is 0 Å². The maximum atomic E-state index is 11.6. The van der Waals surface area contributed by atoms with Crippen molar-refractivity contribution in [1.82, 2.24) is 16.1 Å². The van der Waals surface area contributed by atoms with E-state index in [4.69, 9.17) is 0 Å². The number of hydrogen-bond acceptors (Lipinski definition) is 4.